The Morgan fingerprint density at radius 2 is 1.81 bits per heavy atom. The minimum absolute atomic E-state index is 0.0239. The second kappa shape index (κ2) is 7.12. The van der Waals surface area contributed by atoms with Crippen LogP contribution in [-0.2, 0) is 6.54 Å². The Kier molecular flexibility index (Phi) is 4.68. The van der Waals surface area contributed by atoms with Crippen molar-refractivity contribution in [2.75, 3.05) is 25.0 Å². The van der Waals surface area contributed by atoms with Crippen LogP contribution >= 0.6 is 0 Å². The highest BCUT2D eigenvalue weighted by atomic mass is 16.2. The number of hydrogen-bond donors (Lipinski definition) is 1. The molecule has 0 aliphatic carbocycles. The summed E-state index contributed by atoms with van der Waals surface area (Å²) in [5.41, 5.74) is 3.77. The number of para-hydroxylation sites is 1. The SMILES string of the molecule is Cc1ccccc1CN1CCC[C@]12CCN(C(=O)Nc1ccccc1)C2. The smallest absolute Gasteiger partial charge is 0.321 e. The molecule has 2 fully saturated rings. The van der Waals surface area contributed by atoms with Crippen molar-refractivity contribution >= 4 is 11.7 Å². The molecule has 4 heteroatoms. The highest BCUT2D eigenvalue weighted by Gasteiger charge is 2.47. The number of likely N-dealkylation sites (tertiary alicyclic amines) is 2. The predicted octanol–water partition coefficient (Wildman–Crippen LogP) is 4.27. The van der Waals surface area contributed by atoms with Crippen LogP contribution in [0.2, 0.25) is 0 Å². The quantitative estimate of drug-likeness (QED) is 0.898. The summed E-state index contributed by atoms with van der Waals surface area (Å²) >= 11 is 0. The standard InChI is InChI=1S/C22H27N3O/c1-18-8-5-6-9-19(18)16-25-14-7-12-22(25)13-15-24(17-22)21(26)23-20-10-3-2-4-11-20/h2-6,8-11H,7,12-17H2,1H3,(H,23,26)/t22-/m1/s1. The largest absolute Gasteiger partial charge is 0.323 e. The topological polar surface area (TPSA) is 35.6 Å². The molecule has 4 rings (SSSR count). The van der Waals surface area contributed by atoms with Crippen molar-refractivity contribution < 1.29 is 4.79 Å². The number of anilines is 1. The zero-order chi connectivity index (χ0) is 18.0. The number of nitrogens with zero attached hydrogens (tertiary/aromatic N) is 2. The maximum atomic E-state index is 12.7. The molecule has 4 nitrogen and oxygen atoms in total. The van der Waals surface area contributed by atoms with Crippen LogP contribution in [-0.4, -0.2) is 41.0 Å². The van der Waals surface area contributed by atoms with Crippen LogP contribution in [0.4, 0.5) is 10.5 Å². The third-order valence-corrected chi connectivity index (χ3v) is 6.01. The molecule has 2 aliphatic rings. The predicted molar refractivity (Wildman–Crippen MR) is 105 cm³/mol. The molecule has 1 spiro atoms. The molecule has 2 aromatic rings. The van der Waals surface area contributed by atoms with Gasteiger partial charge in [-0.05, 0) is 56.0 Å². The lowest BCUT2D eigenvalue weighted by Gasteiger charge is -2.35. The summed E-state index contributed by atoms with van der Waals surface area (Å²) in [5.74, 6) is 0. The first-order valence-electron chi connectivity index (χ1n) is 9.57. The summed E-state index contributed by atoms with van der Waals surface area (Å²) in [4.78, 5) is 17.3. The Bertz CT molecular complexity index is 776. The average molecular weight is 349 g/mol. The van der Waals surface area contributed by atoms with E-state index in [0.29, 0.717) is 0 Å². The molecule has 0 bridgehead atoms. The summed E-state index contributed by atoms with van der Waals surface area (Å²) in [6.07, 6.45) is 3.48. The number of urea groups is 1. The Morgan fingerprint density at radius 1 is 1.04 bits per heavy atom. The van der Waals surface area contributed by atoms with Gasteiger partial charge in [0, 0.05) is 30.9 Å². The molecule has 136 valence electrons. The van der Waals surface area contributed by atoms with E-state index in [1.54, 1.807) is 0 Å². The van der Waals surface area contributed by atoms with Gasteiger partial charge in [-0.1, -0.05) is 42.5 Å². The Balaban J connectivity index is 1.44. The minimum atomic E-state index is 0.0239. The average Bonchev–Trinajstić information content (AvgIpc) is 3.26. The second-order valence-corrected chi connectivity index (χ2v) is 7.64. The number of rotatable bonds is 3. The Labute approximate surface area is 155 Å². The van der Waals surface area contributed by atoms with Crippen molar-refractivity contribution in [2.24, 2.45) is 0 Å². The van der Waals surface area contributed by atoms with Crippen molar-refractivity contribution in [1.29, 1.82) is 0 Å². The second-order valence-electron chi connectivity index (χ2n) is 7.64. The lowest BCUT2D eigenvalue weighted by atomic mass is 9.94. The third kappa shape index (κ3) is 3.34. The van der Waals surface area contributed by atoms with Crippen molar-refractivity contribution in [3.63, 3.8) is 0 Å². The van der Waals surface area contributed by atoms with E-state index in [9.17, 15) is 4.79 Å². The van der Waals surface area contributed by atoms with Gasteiger partial charge in [-0.25, -0.2) is 4.79 Å². The number of benzene rings is 2. The van der Waals surface area contributed by atoms with E-state index < -0.39 is 0 Å². The van der Waals surface area contributed by atoms with Gasteiger partial charge in [0.05, 0.1) is 0 Å². The maximum Gasteiger partial charge on any atom is 0.321 e. The van der Waals surface area contributed by atoms with Gasteiger partial charge in [-0.2, -0.15) is 0 Å². The monoisotopic (exact) mass is 349 g/mol. The van der Waals surface area contributed by atoms with Gasteiger partial charge in [0.1, 0.15) is 0 Å². The van der Waals surface area contributed by atoms with Gasteiger partial charge >= 0.3 is 6.03 Å². The fraction of sp³-hybridized carbons (Fsp3) is 0.409. The van der Waals surface area contributed by atoms with E-state index in [-0.39, 0.29) is 11.6 Å². The minimum Gasteiger partial charge on any atom is -0.323 e. The number of aryl methyl sites for hydroxylation is 1. The van der Waals surface area contributed by atoms with Gasteiger partial charge < -0.3 is 10.2 Å². The summed E-state index contributed by atoms with van der Waals surface area (Å²) in [5, 5.41) is 3.03. The van der Waals surface area contributed by atoms with Crippen LogP contribution in [0.15, 0.2) is 54.6 Å². The highest BCUT2D eigenvalue weighted by Crippen LogP contribution is 2.39. The molecule has 2 amide bonds. The molecule has 2 aromatic carbocycles. The molecule has 2 saturated heterocycles. The summed E-state index contributed by atoms with van der Waals surface area (Å²) in [6, 6.07) is 18.4. The maximum absolute atomic E-state index is 12.7. The Morgan fingerprint density at radius 3 is 2.62 bits per heavy atom. The van der Waals surface area contributed by atoms with E-state index in [1.165, 1.54) is 24.0 Å². The van der Waals surface area contributed by atoms with Gasteiger partial charge in [0.15, 0.2) is 0 Å². The van der Waals surface area contributed by atoms with Crippen LogP contribution in [0.1, 0.15) is 30.4 Å². The van der Waals surface area contributed by atoms with E-state index >= 15 is 0 Å². The number of nitrogens with one attached hydrogen (secondary N) is 1. The number of carbonyl (C=O) groups excluding carboxylic acids is 1. The number of hydrogen-bond acceptors (Lipinski definition) is 2. The summed E-state index contributed by atoms with van der Waals surface area (Å²) in [7, 11) is 0. The van der Waals surface area contributed by atoms with Crippen molar-refractivity contribution in [3.05, 3.63) is 65.7 Å². The molecule has 2 heterocycles. The fourth-order valence-corrected chi connectivity index (χ4v) is 4.45. The molecular weight excluding hydrogens is 322 g/mol. The normalized spacial score (nSPS) is 22.9. The van der Waals surface area contributed by atoms with Crippen LogP contribution in [0.25, 0.3) is 0 Å². The Hall–Kier alpha value is -2.33. The fourth-order valence-electron chi connectivity index (χ4n) is 4.45. The molecule has 0 saturated carbocycles. The molecule has 26 heavy (non-hydrogen) atoms. The van der Waals surface area contributed by atoms with Gasteiger partial charge in [0.25, 0.3) is 0 Å². The molecule has 1 N–H and O–H groups in total. The number of amides is 2. The summed E-state index contributed by atoms with van der Waals surface area (Å²) < 4.78 is 0. The molecular formula is C22H27N3O. The highest BCUT2D eigenvalue weighted by molar-refractivity contribution is 5.89. The number of carbonyl (C=O) groups is 1. The molecule has 1 atom stereocenters. The zero-order valence-electron chi connectivity index (χ0n) is 15.4. The van der Waals surface area contributed by atoms with Crippen LogP contribution in [0.5, 0.6) is 0 Å². The summed E-state index contributed by atoms with van der Waals surface area (Å²) in [6.45, 7) is 5.97. The lowest BCUT2D eigenvalue weighted by molar-refractivity contribution is 0.135. The van der Waals surface area contributed by atoms with E-state index in [0.717, 1.165) is 38.3 Å². The van der Waals surface area contributed by atoms with E-state index in [2.05, 4.69) is 41.4 Å². The molecule has 0 aromatic heterocycles. The van der Waals surface area contributed by atoms with Crippen molar-refractivity contribution in [3.8, 4) is 0 Å². The first-order valence-corrected chi connectivity index (χ1v) is 9.57. The van der Waals surface area contributed by atoms with Gasteiger partial charge in [-0.3, -0.25) is 4.90 Å². The molecule has 0 unspecified atom stereocenters. The van der Waals surface area contributed by atoms with Gasteiger partial charge in [0.2, 0.25) is 0 Å². The lowest BCUT2D eigenvalue weighted by Crippen LogP contribution is -2.47. The van der Waals surface area contributed by atoms with Crippen LogP contribution in [0, 0.1) is 6.92 Å². The molecule has 0 radical (unpaired) electrons. The van der Waals surface area contributed by atoms with Crippen molar-refractivity contribution in [2.45, 2.75) is 38.3 Å². The van der Waals surface area contributed by atoms with Crippen LogP contribution < -0.4 is 5.32 Å². The van der Waals surface area contributed by atoms with Gasteiger partial charge in [-0.15, -0.1) is 0 Å². The van der Waals surface area contributed by atoms with Crippen molar-refractivity contribution in [1.82, 2.24) is 9.80 Å². The van der Waals surface area contributed by atoms with E-state index in [1.807, 2.05) is 35.2 Å². The van der Waals surface area contributed by atoms with Crippen LogP contribution in [0.3, 0.4) is 0 Å². The van der Waals surface area contributed by atoms with E-state index in [4.69, 9.17) is 0 Å². The zero-order valence-corrected chi connectivity index (χ0v) is 15.4. The first kappa shape index (κ1) is 17.1. The third-order valence-electron chi connectivity index (χ3n) is 6.01. The first-order chi connectivity index (χ1) is 12.7. The molecule has 2 aliphatic heterocycles.